The molecule has 2 heterocycles. The van der Waals surface area contributed by atoms with Crippen molar-refractivity contribution in [1.29, 1.82) is 0 Å². The van der Waals surface area contributed by atoms with Crippen molar-refractivity contribution in [3.05, 3.63) is 113 Å². The summed E-state index contributed by atoms with van der Waals surface area (Å²) in [5, 5.41) is 7.45. The topological polar surface area (TPSA) is 72.2 Å². The molecule has 39 heavy (non-hydrogen) atoms. The van der Waals surface area contributed by atoms with E-state index in [1.165, 1.54) is 4.68 Å². The predicted octanol–water partition coefficient (Wildman–Crippen LogP) is 5.15. The molecule has 0 spiro atoms. The standard InChI is InChI=1S/C32H37N5O2/c1-2-3-20-37-32(39)36(24-34-37)29-16-14-28(15-17-29)35-21-18-27(19-22-35)30(26-12-8-5-9-13-26)31(38)33-23-25-10-6-4-7-11-25/h4-17,24,27,30H,2-3,18-23H2,1H3,(H,33,38). The number of hydrogen-bond donors (Lipinski definition) is 1. The van der Waals surface area contributed by atoms with Crippen molar-refractivity contribution in [2.75, 3.05) is 18.0 Å². The minimum atomic E-state index is -0.171. The zero-order valence-corrected chi connectivity index (χ0v) is 22.6. The van der Waals surface area contributed by atoms with E-state index < -0.39 is 0 Å². The fourth-order valence-electron chi connectivity index (χ4n) is 5.48. The van der Waals surface area contributed by atoms with Gasteiger partial charge < -0.3 is 10.2 Å². The lowest BCUT2D eigenvalue weighted by Gasteiger charge is -2.37. The molecule has 7 heteroatoms. The zero-order valence-electron chi connectivity index (χ0n) is 22.6. The van der Waals surface area contributed by atoms with Crippen LogP contribution in [0.3, 0.4) is 0 Å². The highest BCUT2D eigenvalue weighted by atomic mass is 16.2. The van der Waals surface area contributed by atoms with Crippen LogP contribution in [0.15, 0.2) is 96.1 Å². The number of unbranched alkanes of at least 4 members (excludes halogenated alkanes) is 1. The highest BCUT2D eigenvalue weighted by Crippen LogP contribution is 2.34. The Morgan fingerprint density at radius 1 is 0.923 bits per heavy atom. The normalized spacial score (nSPS) is 14.7. The van der Waals surface area contributed by atoms with Crippen LogP contribution in [-0.4, -0.2) is 33.3 Å². The molecule has 0 saturated carbocycles. The van der Waals surface area contributed by atoms with E-state index in [9.17, 15) is 9.59 Å². The van der Waals surface area contributed by atoms with Gasteiger partial charge in [-0.25, -0.2) is 14.0 Å². The van der Waals surface area contributed by atoms with Gasteiger partial charge in [0, 0.05) is 31.9 Å². The molecule has 5 rings (SSSR count). The molecule has 0 radical (unpaired) electrons. The molecule has 4 aromatic rings. The molecule has 1 saturated heterocycles. The highest BCUT2D eigenvalue weighted by Gasteiger charge is 2.32. The van der Waals surface area contributed by atoms with E-state index >= 15 is 0 Å². The van der Waals surface area contributed by atoms with Crippen molar-refractivity contribution in [3.8, 4) is 5.69 Å². The van der Waals surface area contributed by atoms with Gasteiger partial charge in [0.1, 0.15) is 6.33 Å². The summed E-state index contributed by atoms with van der Waals surface area (Å²) in [4.78, 5) is 28.5. The van der Waals surface area contributed by atoms with Gasteiger partial charge in [-0.15, -0.1) is 0 Å². The average molecular weight is 524 g/mol. The monoisotopic (exact) mass is 523 g/mol. The molecule has 1 fully saturated rings. The minimum absolute atomic E-state index is 0.0952. The van der Waals surface area contributed by atoms with Gasteiger partial charge in [0.25, 0.3) is 0 Å². The zero-order chi connectivity index (χ0) is 27.0. The number of anilines is 1. The van der Waals surface area contributed by atoms with E-state index in [4.69, 9.17) is 0 Å². The predicted molar refractivity (Wildman–Crippen MR) is 155 cm³/mol. The highest BCUT2D eigenvalue weighted by molar-refractivity contribution is 5.84. The second kappa shape index (κ2) is 12.6. The number of carbonyl (C=O) groups excluding carboxylic acids is 1. The quantitative estimate of drug-likeness (QED) is 0.312. The van der Waals surface area contributed by atoms with Gasteiger partial charge >= 0.3 is 5.69 Å². The summed E-state index contributed by atoms with van der Waals surface area (Å²) < 4.78 is 3.13. The summed E-state index contributed by atoms with van der Waals surface area (Å²) in [5.41, 5.74) is 4.03. The lowest BCUT2D eigenvalue weighted by atomic mass is 9.79. The molecular weight excluding hydrogens is 486 g/mol. The number of amides is 1. The first-order valence-corrected chi connectivity index (χ1v) is 14.0. The summed E-state index contributed by atoms with van der Waals surface area (Å²) in [5.74, 6) is 0.194. The first-order chi connectivity index (χ1) is 19.1. The van der Waals surface area contributed by atoms with Crippen LogP contribution < -0.4 is 15.9 Å². The maximum absolute atomic E-state index is 13.5. The average Bonchev–Trinajstić information content (AvgIpc) is 3.36. The number of aryl methyl sites for hydroxylation is 1. The Labute approximate surface area is 230 Å². The number of rotatable bonds is 10. The molecule has 1 aliphatic heterocycles. The molecule has 1 aliphatic rings. The van der Waals surface area contributed by atoms with E-state index in [2.05, 4.69) is 46.5 Å². The second-order valence-electron chi connectivity index (χ2n) is 10.3. The van der Waals surface area contributed by atoms with E-state index in [-0.39, 0.29) is 23.4 Å². The van der Waals surface area contributed by atoms with Crippen LogP contribution in [0.1, 0.15) is 49.7 Å². The van der Waals surface area contributed by atoms with Crippen LogP contribution in [0.5, 0.6) is 0 Å². The van der Waals surface area contributed by atoms with Crippen LogP contribution in [-0.2, 0) is 17.9 Å². The minimum Gasteiger partial charge on any atom is -0.372 e. The number of nitrogens with one attached hydrogen (secondary N) is 1. The first-order valence-electron chi connectivity index (χ1n) is 14.0. The van der Waals surface area contributed by atoms with Crippen molar-refractivity contribution in [2.45, 2.75) is 51.6 Å². The fourth-order valence-corrected chi connectivity index (χ4v) is 5.48. The van der Waals surface area contributed by atoms with Crippen LogP contribution in [0.2, 0.25) is 0 Å². The Balaban J connectivity index is 1.24. The molecule has 7 nitrogen and oxygen atoms in total. The summed E-state index contributed by atoms with van der Waals surface area (Å²) in [6.07, 6.45) is 5.43. The summed E-state index contributed by atoms with van der Waals surface area (Å²) in [7, 11) is 0. The van der Waals surface area contributed by atoms with E-state index in [0.717, 1.165) is 61.3 Å². The third-order valence-corrected chi connectivity index (χ3v) is 7.71. The van der Waals surface area contributed by atoms with Crippen molar-refractivity contribution in [2.24, 2.45) is 5.92 Å². The number of nitrogens with zero attached hydrogens (tertiary/aromatic N) is 4. The molecule has 3 aromatic carbocycles. The van der Waals surface area contributed by atoms with Crippen LogP contribution in [0.25, 0.3) is 5.69 Å². The van der Waals surface area contributed by atoms with Gasteiger partial charge in [-0.2, -0.15) is 5.10 Å². The molecular formula is C32H37N5O2. The maximum atomic E-state index is 13.5. The van der Waals surface area contributed by atoms with E-state index in [1.54, 1.807) is 10.9 Å². The summed E-state index contributed by atoms with van der Waals surface area (Å²) in [6, 6.07) is 28.4. The third-order valence-electron chi connectivity index (χ3n) is 7.71. The van der Waals surface area contributed by atoms with Gasteiger partial charge in [-0.05, 0) is 60.6 Å². The van der Waals surface area contributed by atoms with Gasteiger partial charge in [0.15, 0.2) is 0 Å². The lowest BCUT2D eigenvalue weighted by molar-refractivity contribution is -0.124. The van der Waals surface area contributed by atoms with Gasteiger partial charge in [-0.1, -0.05) is 74.0 Å². The summed E-state index contributed by atoms with van der Waals surface area (Å²) >= 11 is 0. The van der Waals surface area contributed by atoms with Crippen molar-refractivity contribution < 1.29 is 4.79 Å². The number of piperidine rings is 1. The lowest BCUT2D eigenvalue weighted by Crippen LogP contribution is -2.40. The Bertz CT molecular complexity index is 1390. The van der Waals surface area contributed by atoms with E-state index in [1.807, 2.05) is 60.7 Å². The Kier molecular flexibility index (Phi) is 8.56. The fraction of sp³-hybridized carbons (Fsp3) is 0.344. The summed E-state index contributed by atoms with van der Waals surface area (Å²) in [6.45, 7) is 5.05. The van der Waals surface area contributed by atoms with Crippen LogP contribution >= 0.6 is 0 Å². The van der Waals surface area contributed by atoms with Gasteiger partial charge in [0.05, 0.1) is 11.6 Å². The molecule has 0 aliphatic carbocycles. The molecule has 1 atom stereocenters. The Hall–Kier alpha value is -4.13. The third kappa shape index (κ3) is 6.30. The Morgan fingerprint density at radius 2 is 1.56 bits per heavy atom. The molecule has 1 unspecified atom stereocenters. The SMILES string of the molecule is CCCCn1ncn(-c2ccc(N3CCC(C(C(=O)NCc4ccccc4)c4ccccc4)CC3)cc2)c1=O. The molecule has 1 aromatic heterocycles. The number of benzene rings is 3. The molecule has 1 amide bonds. The van der Waals surface area contributed by atoms with Gasteiger partial charge in [0.2, 0.25) is 5.91 Å². The van der Waals surface area contributed by atoms with Crippen molar-refractivity contribution >= 4 is 11.6 Å². The van der Waals surface area contributed by atoms with Crippen LogP contribution in [0.4, 0.5) is 5.69 Å². The number of carbonyl (C=O) groups is 1. The second-order valence-corrected chi connectivity index (χ2v) is 10.3. The molecule has 1 N–H and O–H groups in total. The number of aromatic nitrogens is 3. The van der Waals surface area contributed by atoms with E-state index in [0.29, 0.717) is 13.1 Å². The smallest absolute Gasteiger partial charge is 0.350 e. The Morgan fingerprint density at radius 3 is 2.23 bits per heavy atom. The largest absolute Gasteiger partial charge is 0.372 e. The first kappa shape index (κ1) is 26.5. The molecule has 202 valence electrons. The maximum Gasteiger partial charge on any atom is 0.350 e. The molecule has 0 bridgehead atoms. The van der Waals surface area contributed by atoms with Crippen molar-refractivity contribution in [3.63, 3.8) is 0 Å². The van der Waals surface area contributed by atoms with Crippen LogP contribution in [0, 0.1) is 5.92 Å². The number of hydrogen-bond acceptors (Lipinski definition) is 4. The van der Waals surface area contributed by atoms with Gasteiger partial charge in [-0.3, -0.25) is 4.79 Å². The van der Waals surface area contributed by atoms with Crippen molar-refractivity contribution in [1.82, 2.24) is 19.7 Å².